The van der Waals surface area contributed by atoms with E-state index in [-0.39, 0.29) is 0 Å². The van der Waals surface area contributed by atoms with Crippen LogP contribution < -0.4 is 5.32 Å². The molecule has 1 N–H and O–H groups in total. The van der Waals surface area contributed by atoms with Crippen molar-refractivity contribution in [2.45, 2.75) is 26.4 Å². The fraction of sp³-hybridized carbons (Fsp3) is 0.364. The van der Waals surface area contributed by atoms with Gasteiger partial charge in [0.2, 0.25) is 0 Å². The van der Waals surface area contributed by atoms with Crippen molar-refractivity contribution in [2.75, 3.05) is 0 Å². The van der Waals surface area contributed by atoms with Crippen LogP contribution in [0.25, 0.3) is 9.88 Å². The molecule has 0 aliphatic carbocycles. The van der Waals surface area contributed by atoms with Crippen molar-refractivity contribution < 1.29 is 0 Å². The Kier molecular flexibility index (Phi) is 4.13. The van der Waals surface area contributed by atoms with Crippen molar-refractivity contribution in [2.24, 2.45) is 0 Å². The minimum atomic E-state index is 0.515. The topological polar surface area (TPSA) is 24.9 Å². The fourth-order valence-corrected chi connectivity index (χ4v) is 3.59. The Bertz CT molecular complexity index is 462. The van der Waals surface area contributed by atoms with E-state index in [0.29, 0.717) is 6.04 Å². The number of nitrogens with zero attached hydrogens (tertiary/aromatic N) is 1. The quantitative estimate of drug-likeness (QED) is 0.917. The Morgan fingerprint density at radius 2 is 2.31 bits per heavy atom. The molecule has 0 aliphatic rings. The van der Waals surface area contributed by atoms with Gasteiger partial charge in [-0.25, -0.2) is 4.98 Å². The van der Waals surface area contributed by atoms with Crippen LogP contribution in [0, 0.1) is 0 Å². The average Bonchev–Trinajstić information content (AvgIpc) is 2.83. The van der Waals surface area contributed by atoms with E-state index in [9.17, 15) is 0 Å². The van der Waals surface area contributed by atoms with Crippen molar-refractivity contribution in [3.05, 3.63) is 27.0 Å². The first-order chi connectivity index (χ1) is 7.65. The van der Waals surface area contributed by atoms with Crippen LogP contribution in [0.15, 0.2) is 22.1 Å². The smallest absolute Gasteiger partial charge is 0.133 e. The number of thiophene rings is 1. The largest absolute Gasteiger partial charge is 0.310 e. The van der Waals surface area contributed by atoms with E-state index in [4.69, 9.17) is 0 Å². The Balaban J connectivity index is 2.07. The zero-order valence-corrected chi connectivity index (χ0v) is 12.4. The number of nitrogens with one attached hydrogen (secondary N) is 1. The van der Waals surface area contributed by atoms with Gasteiger partial charge in [0.15, 0.2) is 0 Å². The number of thiazole rings is 1. The van der Waals surface area contributed by atoms with Crippen molar-refractivity contribution in [3.8, 4) is 9.88 Å². The Morgan fingerprint density at radius 1 is 1.50 bits per heavy atom. The highest BCUT2D eigenvalue weighted by atomic mass is 79.9. The maximum absolute atomic E-state index is 4.45. The molecule has 0 spiro atoms. The molecule has 0 saturated carbocycles. The summed E-state index contributed by atoms with van der Waals surface area (Å²) < 4.78 is 1.13. The summed E-state index contributed by atoms with van der Waals surface area (Å²) in [6.45, 7) is 5.21. The third kappa shape index (κ3) is 3.13. The molecular weight excluding hydrogens is 304 g/mol. The molecule has 0 bridgehead atoms. The van der Waals surface area contributed by atoms with Gasteiger partial charge in [-0.2, -0.15) is 0 Å². The number of aromatic nitrogens is 1. The summed E-state index contributed by atoms with van der Waals surface area (Å²) in [5, 5.41) is 6.59. The molecular formula is C11H13BrN2S2. The first-order valence-electron chi connectivity index (χ1n) is 5.07. The second-order valence-corrected chi connectivity index (χ2v) is 6.74. The molecule has 16 heavy (non-hydrogen) atoms. The SMILES string of the molecule is CC(C)NCc1cnc(-c2cc(Br)cs2)s1. The van der Waals surface area contributed by atoms with Crippen LogP contribution in [0.4, 0.5) is 0 Å². The van der Waals surface area contributed by atoms with Crippen LogP contribution in [-0.2, 0) is 6.54 Å². The van der Waals surface area contributed by atoms with E-state index in [2.05, 4.69) is 51.5 Å². The van der Waals surface area contributed by atoms with Gasteiger partial charge in [-0.1, -0.05) is 13.8 Å². The zero-order valence-electron chi connectivity index (χ0n) is 9.16. The molecule has 0 unspecified atom stereocenters. The third-order valence-corrected chi connectivity index (χ3v) is 4.87. The lowest BCUT2D eigenvalue weighted by Crippen LogP contribution is -2.21. The first kappa shape index (κ1) is 12.2. The summed E-state index contributed by atoms with van der Waals surface area (Å²) in [5.41, 5.74) is 0. The maximum Gasteiger partial charge on any atom is 0.133 e. The van der Waals surface area contributed by atoms with Crippen molar-refractivity contribution in [1.29, 1.82) is 0 Å². The second kappa shape index (κ2) is 5.40. The van der Waals surface area contributed by atoms with Gasteiger partial charge in [-0.3, -0.25) is 0 Å². The van der Waals surface area contributed by atoms with Crippen LogP contribution in [-0.4, -0.2) is 11.0 Å². The summed E-state index contributed by atoms with van der Waals surface area (Å²) in [5.74, 6) is 0. The molecule has 0 saturated heterocycles. The number of hydrogen-bond acceptors (Lipinski definition) is 4. The lowest BCUT2D eigenvalue weighted by Gasteiger charge is -2.04. The lowest BCUT2D eigenvalue weighted by molar-refractivity contribution is 0.593. The minimum absolute atomic E-state index is 0.515. The van der Waals surface area contributed by atoms with E-state index in [0.717, 1.165) is 16.0 Å². The molecule has 2 aromatic heterocycles. The number of halogens is 1. The molecule has 2 rings (SSSR count). The van der Waals surface area contributed by atoms with E-state index in [1.807, 2.05) is 6.20 Å². The standard InChI is InChI=1S/C11H13BrN2S2/c1-7(2)13-4-9-5-14-11(16-9)10-3-8(12)6-15-10/h3,5-7,13H,4H2,1-2H3. The summed E-state index contributed by atoms with van der Waals surface area (Å²) in [6, 6.07) is 2.63. The van der Waals surface area contributed by atoms with E-state index < -0.39 is 0 Å². The molecule has 2 heterocycles. The van der Waals surface area contributed by atoms with Crippen LogP contribution in [0.5, 0.6) is 0 Å². The van der Waals surface area contributed by atoms with Gasteiger partial charge in [-0.05, 0) is 22.0 Å². The first-order valence-corrected chi connectivity index (χ1v) is 7.56. The summed E-state index contributed by atoms with van der Waals surface area (Å²) in [6.07, 6.45) is 1.96. The van der Waals surface area contributed by atoms with Gasteiger partial charge < -0.3 is 5.32 Å². The molecule has 0 aliphatic heterocycles. The van der Waals surface area contributed by atoms with Gasteiger partial charge in [0, 0.05) is 33.5 Å². The molecule has 0 atom stereocenters. The van der Waals surface area contributed by atoms with Gasteiger partial charge in [0.05, 0.1) is 4.88 Å². The molecule has 0 aromatic carbocycles. The van der Waals surface area contributed by atoms with Gasteiger partial charge in [0.25, 0.3) is 0 Å². The van der Waals surface area contributed by atoms with Gasteiger partial charge >= 0.3 is 0 Å². The van der Waals surface area contributed by atoms with Gasteiger partial charge in [0.1, 0.15) is 5.01 Å². The molecule has 2 nitrogen and oxygen atoms in total. The van der Waals surface area contributed by atoms with E-state index in [1.165, 1.54) is 9.75 Å². The van der Waals surface area contributed by atoms with Crippen LogP contribution in [0.1, 0.15) is 18.7 Å². The predicted molar refractivity (Wildman–Crippen MR) is 75.1 cm³/mol. The fourth-order valence-electron chi connectivity index (χ4n) is 1.23. The average molecular weight is 317 g/mol. The second-order valence-electron chi connectivity index (χ2n) is 3.80. The van der Waals surface area contributed by atoms with E-state index >= 15 is 0 Å². The molecule has 5 heteroatoms. The predicted octanol–water partition coefficient (Wildman–Crippen LogP) is 4.13. The van der Waals surface area contributed by atoms with Gasteiger partial charge in [-0.15, -0.1) is 22.7 Å². The molecule has 86 valence electrons. The van der Waals surface area contributed by atoms with Crippen LogP contribution in [0.3, 0.4) is 0 Å². The van der Waals surface area contributed by atoms with Crippen LogP contribution in [0.2, 0.25) is 0 Å². The monoisotopic (exact) mass is 316 g/mol. The van der Waals surface area contributed by atoms with E-state index in [1.54, 1.807) is 22.7 Å². The zero-order chi connectivity index (χ0) is 11.5. The summed E-state index contributed by atoms with van der Waals surface area (Å²) in [4.78, 5) is 6.96. The third-order valence-electron chi connectivity index (χ3n) is 2.02. The minimum Gasteiger partial charge on any atom is -0.310 e. The highest BCUT2D eigenvalue weighted by Crippen LogP contribution is 2.32. The molecule has 0 radical (unpaired) electrons. The number of rotatable bonds is 4. The Morgan fingerprint density at radius 3 is 2.94 bits per heavy atom. The summed E-state index contributed by atoms with van der Waals surface area (Å²) in [7, 11) is 0. The van der Waals surface area contributed by atoms with Crippen molar-refractivity contribution in [3.63, 3.8) is 0 Å². The summed E-state index contributed by atoms with van der Waals surface area (Å²) >= 11 is 6.94. The Labute approximate surface area is 112 Å². The normalized spacial score (nSPS) is 11.2. The molecule has 0 amide bonds. The highest BCUT2D eigenvalue weighted by Gasteiger charge is 2.07. The van der Waals surface area contributed by atoms with Crippen molar-refractivity contribution in [1.82, 2.24) is 10.3 Å². The highest BCUT2D eigenvalue weighted by molar-refractivity contribution is 9.10. The Hall–Kier alpha value is -0.230. The maximum atomic E-state index is 4.45. The number of hydrogen-bond donors (Lipinski definition) is 1. The lowest BCUT2D eigenvalue weighted by atomic mass is 10.4. The van der Waals surface area contributed by atoms with Crippen molar-refractivity contribution >= 4 is 38.6 Å². The van der Waals surface area contributed by atoms with Crippen LogP contribution >= 0.6 is 38.6 Å². The molecule has 0 fully saturated rings. The molecule has 2 aromatic rings.